The topological polar surface area (TPSA) is 33.2 Å². The number of piperidine rings is 1. The predicted molar refractivity (Wildman–Crippen MR) is 92.4 cm³/mol. The van der Waals surface area contributed by atoms with Gasteiger partial charge < -0.3 is 4.90 Å². The highest BCUT2D eigenvalue weighted by atomic mass is 16.2. The first-order chi connectivity index (χ1) is 11.2. The van der Waals surface area contributed by atoms with Crippen molar-refractivity contribution in [2.24, 2.45) is 5.92 Å². The van der Waals surface area contributed by atoms with E-state index in [9.17, 15) is 4.79 Å². The van der Waals surface area contributed by atoms with Crippen molar-refractivity contribution in [1.29, 1.82) is 0 Å². The molecule has 1 amide bonds. The molecule has 1 saturated heterocycles. The third-order valence-corrected chi connectivity index (χ3v) is 4.80. The van der Waals surface area contributed by atoms with E-state index in [1.807, 2.05) is 17.0 Å². The van der Waals surface area contributed by atoms with Crippen LogP contribution in [0.2, 0.25) is 0 Å². The number of hydrogen-bond acceptors (Lipinski definition) is 2. The summed E-state index contributed by atoms with van der Waals surface area (Å²) in [5.41, 5.74) is 3.50. The summed E-state index contributed by atoms with van der Waals surface area (Å²) in [4.78, 5) is 18.6. The number of aryl methyl sites for hydroxylation is 2. The quantitative estimate of drug-likeness (QED) is 0.859. The number of likely N-dealkylation sites (tertiary alicyclic amines) is 1. The maximum absolute atomic E-state index is 12.6. The minimum absolute atomic E-state index is 0.124. The van der Waals surface area contributed by atoms with Crippen LogP contribution in [-0.2, 0) is 6.42 Å². The van der Waals surface area contributed by atoms with Gasteiger partial charge in [0, 0.05) is 25.5 Å². The van der Waals surface area contributed by atoms with Crippen molar-refractivity contribution in [1.82, 2.24) is 9.88 Å². The molecule has 1 aromatic heterocycles. The Morgan fingerprint density at radius 2 is 2.13 bits per heavy atom. The Labute approximate surface area is 138 Å². The molecule has 0 saturated carbocycles. The number of pyridine rings is 1. The van der Waals surface area contributed by atoms with Crippen molar-refractivity contribution in [2.75, 3.05) is 13.1 Å². The van der Waals surface area contributed by atoms with E-state index in [0.717, 1.165) is 32.4 Å². The number of carbonyl (C=O) groups is 1. The maximum atomic E-state index is 12.6. The van der Waals surface area contributed by atoms with Crippen LogP contribution in [0, 0.1) is 12.8 Å². The minimum Gasteiger partial charge on any atom is -0.338 e. The van der Waals surface area contributed by atoms with Crippen molar-refractivity contribution in [2.45, 2.75) is 32.6 Å². The smallest absolute Gasteiger partial charge is 0.255 e. The van der Waals surface area contributed by atoms with Crippen LogP contribution < -0.4 is 0 Å². The third-order valence-electron chi connectivity index (χ3n) is 4.80. The summed E-state index contributed by atoms with van der Waals surface area (Å²) in [5.74, 6) is 0.725. The molecule has 1 aromatic carbocycles. The Kier molecular flexibility index (Phi) is 5.06. The lowest BCUT2D eigenvalue weighted by atomic mass is 9.90. The molecule has 0 unspecified atom stereocenters. The summed E-state index contributed by atoms with van der Waals surface area (Å²) in [6.45, 7) is 3.92. The predicted octanol–water partition coefficient (Wildman–Crippen LogP) is 3.88. The van der Waals surface area contributed by atoms with Gasteiger partial charge in [-0.1, -0.05) is 24.3 Å². The molecule has 0 N–H and O–H groups in total. The van der Waals surface area contributed by atoms with Gasteiger partial charge in [-0.3, -0.25) is 9.78 Å². The summed E-state index contributed by atoms with van der Waals surface area (Å²) in [6, 6.07) is 12.3. The fourth-order valence-electron chi connectivity index (χ4n) is 3.41. The molecule has 3 rings (SSSR count). The molecule has 0 aliphatic carbocycles. The number of hydrogen-bond donors (Lipinski definition) is 0. The first-order valence-corrected chi connectivity index (χ1v) is 8.48. The van der Waals surface area contributed by atoms with E-state index in [1.54, 1.807) is 12.4 Å². The average Bonchev–Trinajstić information content (AvgIpc) is 2.61. The normalized spacial score (nSPS) is 18.0. The van der Waals surface area contributed by atoms with Gasteiger partial charge in [0.2, 0.25) is 0 Å². The molecule has 23 heavy (non-hydrogen) atoms. The van der Waals surface area contributed by atoms with Crippen molar-refractivity contribution >= 4 is 5.91 Å². The molecule has 3 nitrogen and oxygen atoms in total. The van der Waals surface area contributed by atoms with Gasteiger partial charge in [-0.25, -0.2) is 0 Å². The zero-order valence-corrected chi connectivity index (χ0v) is 13.7. The fraction of sp³-hybridized carbons (Fsp3) is 0.400. The zero-order valence-electron chi connectivity index (χ0n) is 13.7. The molecule has 0 spiro atoms. The van der Waals surface area contributed by atoms with Crippen LogP contribution in [0.3, 0.4) is 0 Å². The SMILES string of the molecule is Cc1ccccc1CC[C@H]1CCCN(C(=O)c2cccnc2)C1. The Bertz CT molecular complexity index is 654. The van der Waals surface area contributed by atoms with Gasteiger partial charge in [0.1, 0.15) is 0 Å². The van der Waals surface area contributed by atoms with Gasteiger partial charge in [0.25, 0.3) is 5.91 Å². The summed E-state index contributed by atoms with van der Waals surface area (Å²) in [5, 5.41) is 0. The average molecular weight is 308 g/mol. The third kappa shape index (κ3) is 3.98. The molecular weight excluding hydrogens is 284 g/mol. The largest absolute Gasteiger partial charge is 0.338 e. The van der Waals surface area contributed by atoms with Crippen LogP contribution in [0.25, 0.3) is 0 Å². The molecule has 120 valence electrons. The second kappa shape index (κ2) is 7.40. The van der Waals surface area contributed by atoms with E-state index in [0.29, 0.717) is 11.5 Å². The monoisotopic (exact) mass is 308 g/mol. The molecule has 2 heterocycles. The summed E-state index contributed by atoms with van der Waals surface area (Å²) < 4.78 is 0. The molecule has 1 fully saturated rings. The van der Waals surface area contributed by atoms with E-state index in [4.69, 9.17) is 0 Å². The van der Waals surface area contributed by atoms with Crippen LogP contribution in [0.5, 0.6) is 0 Å². The first-order valence-electron chi connectivity index (χ1n) is 8.48. The van der Waals surface area contributed by atoms with E-state index in [-0.39, 0.29) is 5.91 Å². The fourth-order valence-corrected chi connectivity index (χ4v) is 3.41. The number of nitrogens with zero attached hydrogens (tertiary/aromatic N) is 2. The van der Waals surface area contributed by atoms with Crippen LogP contribution in [0.4, 0.5) is 0 Å². The number of carbonyl (C=O) groups excluding carboxylic acids is 1. The van der Waals surface area contributed by atoms with E-state index < -0.39 is 0 Å². The van der Waals surface area contributed by atoms with Gasteiger partial charge in [0.15, 0.2) is 0 Å². The van der Waals surface area contributed by atoms with Gasteiger partial charge in [0.05, 0.1) is 5.56 Å². The molecule has 0 bridgehead atoms. The van der Waals surface area contributed by atoms with Crippen LogP contribution in [-0.4, -0.2) is 28.9 Å². The maximum Gasteiger partial charge on any atom is 0.255 e. The zero-order chi connectivity index (χ0) is 16.1. The van der Waals surface area contributed by atoms with Crippen molar-refractivity contribution in [3.8, 4) is 0 Å². The second-order valence-electron chi connectivity index (χ2n) is 6.47. The van der Waals surface area contributed by atoms with Crippen molar-refractivity contribution < 1.29 is 4.79 Å². The Balaban J connectivity index is 1.58. The van der Waals surface area contributed by atoms with Gasteiger partial charge >= 0.3 is 0 Å². The molecule has 0 radical (unpaired) electrons. The Morgan fingerprint density at radius 1 is 1.26 bits per heavy atom. The minimum atomic E-state index is 0.124. The van der Waals surface area contributed by atoms with Crippen molar-refractivity contribution in [3.05, 3.63) is 65.5 Å². The molecule has 1 aliphatic rings. The summed E-state index contributed by atoms with van der Waals surface area (Å²) in [6.07, 6.45) is 7.96. The van der Waals surface area contributed by atoms with Gasteiger partial charge in [-0.05, 0) is 61.8 Å². The number of amides is 1. The summed E-state index contributed by atoms with van der Waals surface area (Å²) >= 11 is 0. The first kappa shape index (κ1) is 15.7. The lowest BCUT2D eigenvalue weighted by Crippen LogP contribution is -2.40. The Hall–Kier alpha value is -2.16. The molecular formula is C20H24N2O. The molecule has 2 aromatic rings. The van der Waals surface area contributed by atoms with Crippen LogP contribution in [0.1, 0.15) is 40.7 Å². The highest BCUT2D eigenvalue weighted by molar-refractivity contribution is 5.93. The van der Waals surface area contributed by atoms with Gasteiger partial charge in [-0.2, -0.15) is 0 Å². The van der Waals surface area contributed by atoms with E-state index in [2.05, 4.69) is 36.2 Å². The van der Waals surface area contributed by atoms with Gasteiger partial charge in [-0.15, -0.1) is 0 Å². The highest BCUT2D eigenvalue weighted by Gasteiger charge is 2.24. The molecule has 1 aliphatic heterocycles. The Morgan fingerprint density at radius 3 is 2.91 bits per heavy atom. The van der Waals surface area contributed by atoms with E-state index >= 15 is 0 Å². The lowest BCUT2D eigenvalue weighted by molar-refractivity contribution is 0.0668. The van der Waals surface area contributed by atoms with Crippen LogP contribution in [0.15, 0.2) is 48.8 Å². The van der Waals surface area contributed by atoms with Crippen molar-refractivity contribution in [3.63, 3.8) is 0 Å². The number of rotatable bonds is 4. The number of aromatic nitrogens is 1. The molecule has 3 heteroatoms. The second-order valence-corrected chi connectivity index (χ2v) is 6.47. The summed E-state index contributed by atoms with van der Waals surface area (Å²) in [7, 11) is 0. The molecule has 1 atom stereocenters. The lowest BCUT2D eigenvalue weighted by Gasteiger charge is -2.33. The van der Waals surface area contributed by atoms with Crippen LogP contribution >= 0.6 is 0 Å². The standard InChI is InChI=1S/C20H24N2O/c1-16-6-2-3-8-18(16)11-10-17-7-5-13-22(15-17)20(23)19-9-4-12-21-14-19/h2-4,6,8-9,12,14,17H,5,7,10-11,13,15H2,1H3/t17-/m1/s1. The van der Waals surface area contributed by atoms with E-state index in [1.165, 1.54) is 17.5 Å². The number of benzene rings is 1. The highest BCUT2D eigenvalue weighted by Crippen LogP contribution is 2.23.